The Morgan fingerprint density at radius 3 is 2.42 bits per heavy atom. The smallest absolute Gasteiger partial charge is 0.394 e. The lowest BCUT2D eigenvalue weighted by Crippen LogP contribution is -2.47. The Labute approximate surface area is 309 Å². The first-order chi connectivity index (χ1) is 24.6. The predicted octanol–water partition coefficient (Wildman–Crippen LogP) is 10.6. The average molecular weight is 750 g/mol. The number of ether oxygens (including phenoxy) is 1. The fourth-order valence-corrected chi connectivity index (χ4v) is 8.60. The fourth-order valence-electron chi connectivity index (χ4n) is 7.43. The van der Waals surface area contributed by atoms with Gasteiger partial charge in [0.05, 0.1) is 32.8 Å². The van der Waals surface area contributed by atoms with Crippen molar-refractivity contribution in [3.63, 3.8) is 0 Å². The van der Waals surface area contributed by atoms with Gasteiger partial charge in [0.15, 0.2) is 0 Å². The quantitative estimate of drug-likeness (QED) is 0.154. The van der Waals surface area contributed by atoms with E-state index in [2.05, 4.69) is 41.0 Å². The van der Waals surface area contributed by atoms with Crippen LogP contribution in [0.5, 0.6) is 11.5 Å². The molecule has 5 aromatic rings. The number of hydrogen-bond donors (Lipinski definition) is 3. The summed E-state index contributed by atoms with van der Waals surface area (Å²) in [5, 5.41) is 18.3. The van der Waals surface area contributed by atoms with E-state index < -0.39 is 23.4 Å². The number of carbonyl (C=O) groups excluding carboxylic acids is 1. The number of urea groups is 1. The van der Waals surface area contributed by atoms with E-state index in [-0.39, 0.29) is 16.9 Å². The number of hydrogen-bond acceptors (Lipinski definition) is 7. The summed E-state index contributed by atoms with van der Waals surface area (Å²) >= 11 is 7.67. The number of para-hydroxylation sites is 2. The molecule has 0 bridgehead atoms. The maximum absolute atomic E-state index is 16.4. The molecule has 7 rings (SSSR count). The zero-order valence-corrected chi connectivity index (χ0v) is 30.8. The lowest BCUT2D eigenvalue weighted by Gasteiger charge is -2.42. The minimum Gasteiger partial charge on any atom is -0.506 e. The highest BCUT2D eigenvalue weighted by Gasteiger charge is 2.49. The molecule has 1 saturated heterocycles. The van der Waals surface area contributed by atoms with Crippen molar-refractivity contribution in [2.75, 3.05) is 41.7 Å². The summed E-state index contributed by atoms with van der Waals surface area (Å²) < 4.78 is 48.4. The molecule has 0 aliphatic carbocycles. The molecule has 8 nitrogen and oxygen atoms in total. The minimum atomic E-state index is -3.34. The Morgan fingerprint density at radius 2 is 1.73 bits per heavy atom. The van der Waals surface area contributed by atoms with Crippen molar-refractivity contribution in [1.29, 1.82) is 0 Å². The summed E-state index contributed by atoms with van der Waals surface area (Å²) in [6, 6.07) is 18.9. The number of alkyl halides is 2. The van der Waals surface area contributed by atoms with Gasteiger partial charge in [-0.05, 0) is 85.9 Å². The second kappa shape index (κ2) is 13.5. The number of carbonyl (C=O) groups is 1. The SMILES string of the molecule is CC(C)(C)CN1CCC2(CC1)CN(c1ccccc1NC(=O)Nc1ccc(OC(C)(F)F)cc1)c1c(O)cc(F)c(-c3nc4cc(Cl)ccc4s3)c12. The normalized spacial score (nSPS) is 16.0. The number of fused-ring (bicyclic) bond motifs is 3. The van der Waals surface area contributed by atoms with Gasteiger partial charge in [0.2, 0.25) is 0 Å². The van der Waals surface area contributed by atoms with Crippen LogP contribution in [0.1, 0.15) is 46.1 Å². The molecule has 272 valence electrons. The first-order valence-corrected chi connectivity index (χ1v) is 18.2. The Hall–Kier alpha value is -4.52. The number of benzene rings is 4. The molecule has 2 aliphatic heterocycles. The number of piperidine rings is 1. The second-order valence-corrected chi connectivity index (χ2v) is 16.3. The number of likely N-dealkylation sites (tertiary alicyclic amines) is 1. The number of anilines is 4. The monoisotopic (exact) mass is 749 g/mol. The third-order valence-corrected chi connectivity index (χ3v) is 10.7. The van der Waals surface area contributed by atoms with Crippen molar-refractivity contribution in [1.82, 2.24) is 9.88 Å². The summed E-state index contributed by atoms with van der Waals surface area (Å²) in [5.74, 6) is -0.793. The molecule has 52 heavy (non-hydrogen) atoms. The van der Waals surface area contributed by atoms with Crippen LogP contribution in [0, 0.1) is 11.2 Å². The van der Waals surface area contributed by atoms with Crippen LogP contribution in [-0.2, 0) is 5.41 Å². The third kappa shape index (κ3) is 7.37. The molecule has 2 aliphatic rings. The number of halogens is 4. The van der Waals surface area contributed by atoms with Crippen LogP contribution in [-0.4, -0.2) is 53.3 Å². The molecule has 1 fully saturated rings. The number of amides is 2. The third-order valence-electron chi connectivity index (χ3n) is 9.42. The van der Waals surface area contributed by atoms with Gasteiger partial charge in [-0.2, -0.15) is 8.78 Å². The van der Waals surface area contributed by atoms with Gasteiger partial charge in [-0.3, -0.25) is 0 Å². The van der Waals surface area contributed by atoms with E-state index in [1.54, 1.807) is 24.3 Å². The molecule has 0 atom stereocenters. The summed E-state index contributed by atoms with van der Waals surface area (Å²) in [5.41, 5.74) is 3.24. The summed E-state index contributed by atoms with van der Waals surface area (Å²) in [7, 11) is 0. The molecule has 13 heteroatoms. The number of thiazole rings is 1. The van der Waals surface area contributed by atoms with Crippen LogP contribution in [0.25, 0.3) is 20.8 Å². The first kappa shape index (κ1) is 35.9. The van der Waals surface area contributed by atoms with E-state index in [4.69, 9.17) is 16.6 Å². The van der Waals surface area contributed by atoms with Crippen LogP contribution < -0.4 is 20.3 Å². The lowest BCUT2D eigenvalue weighted by molar-refractivity contribution is -0.158. The van der Waals surface area contributed by atoms with Crippen LogP contribution in [0.15, 0.2) is 72.8 Å². The van der Waals surface area contributed by atoms with E-state index >= 15 is 4.39 Å². The number of rotatable bonds is 7. The molecule has 2 amide bonds. The van der Waals surface area contributed by atoms with Crippen LogP contribution in [0.3, 0.4) is 0 Å². The molecule has 0 unspecified atom stereocenters. The fraction of sp³-hybridized carbons (Fsp3) is 0.333. The first-order valence-electron chi connectivity index (χ1n) is 17.0. The van der Waals surface area contributed by atoms with Gasteiger partial charge < -0.3 is 30.3 Å². The number of aromatic hydroxyl groups is 1. The molecular formula is C39H39ClF3N5O3S. The largest absolute Gasteiger partial charge is 0.506 e. The van der Waals surface area contributed by atoms with Gasteiger partial charge in [0.25, 0.3) is 0 Å². The van der Waals surface area contributed by atoms with Crippen molar-refractivity contribution >= 4 is 61.9 Å². The van der Waals surface area contributed by atoms with Gasteiger partial charge in [-0.25, -0.2) is 14.2 Å². The van der Waals surface area contributed by atoms with E-state index in [1.165, 1.54) is 35.6 Å². The average Bonchev–Trinajstić information content (AvgIpc) is 3.61. The van der Waals surface area contributed by atoms with Gasteiger partial charge in [-0.1, -0.05) is 44.5 Å². The van der Waals surface area contributed by atoms with Gasteiger partial charge in [0, 0.05) is 47.8 Å². The van der Waals surface area contributed by atoms with E-state index in [1.807, 2.05) is 23.1 Å². The second-order valence-electron chi connectivity index (χ2n) is 14.8. The van der Waals surface area contributed by atoms with Crippen molar-refractivity contribution in [3.8, 4) is 22.1 Å². The summed E-state index contributed by atoms with van der Waals surface area (Å²) in [6.45, 7) is 10.2. The zero-order valence-electron chi connectivity index (χ0n) is 29.2. The van der Waals surface area contributed by atoms with Crippen molar-refractivity contribution in [2.24, 2.45) is 5.41 Å². The van der Waals surface area contributed by atoms with Crippen LogP contribution in [0.4, 0.5) is 40.7 Å². The highest BCUT2D eigenvalue weighted by Crippen LogP contribution is 2.58. The summed E-state index contributed by atoms with van der Waals surface area (Å²) in [6.07, 6.45) is -1.90. The zero-order chi connectivity index (χ0) is 37.0. The number of nitrogens with zero attached hydrogens (tertiary/aromatic N) is 3. The van der Waals surface area contributed by atoms with Crippen LogP contribution in [0.2, 0.25) is 5.02 Å². The van der Waals surface area contributed by atoms with E-state index in [0.717, 1.165) is 43.2 Å². The Kier molecular flexibility index (Phi) is 9.29. The van der Waals surface area contributed by atoms with Gasteiger partial charge in [0.1, 0.15) is 22.3 Å². The molecule has 4 aromatic carbocycles. The maximum Gasteiger partial charge on any atom is 0.394 e. The Balaban J connectivity index is 1.26. The Morgan fingerprint density at radius 1 is 1.02 bits per heavy atom. The molecule has 3 heterocycles. The van der Waals surface area contributed by atoms with E-state index in [9.17, 15) is 18.7 Å². The number of phenols is 1. The predicted molar refractivity (Wildman–Crippen MR) is 202 cm³/mol. The molecule has 0 saturated carbocycles. The molecule has 1 spiro atoms. The summed E-state index contributed by atoms with van der Waals surface area (Å²) in [4.78, 5) is 22.6. The number of phenolic OH excluding ortho intramolecular Hbond substituents is 1. The highest BCUT2D eigenvalue weighted by molar-refractivity contribution is 7.21. The van der Waals surface area contributed by atoms with Gasteiger partial charge >= 0.3 is 12.1 Å². The molecule has 1 aromatic heterocycles. The Bertz CT molecular complexity index is 2140. The molecule has 0 radical (unpaired) electrons. The van der Waals surface area contributed by atoms with Crippen molar-refractivity contribution in [2.45, 2.75) is 52.1 Å². The molecule has 3 N–H and O–H groups in total. The topological polar surface area (TPSA) is 90.0 Å². The number of nitrogens with one attached hydrogen (secondary N) is 2. The van der Waals surface area contributed by atoms with Gasteiger partial charge in [-0.15, -0.1) is 11.3 Å². The van der Waals surface area contributed by atoms with E-state index in [0.29, 0.717) is 62.9 Å². The lowest BCUT2D eigenvalue weighted by atomic mass is 9.72. The van der Waals surface area contributed by atoms with Crippen LogP contribution >= 0.6 is 22.9 Å². The highest BCUT2D eigenvalue weighted by atomic mass is 35.5. The maximum atomic E-state index is 16.4. The van der Waals surface area contributed by atoms with Crippen molar-refractivity contribution in [3.05, 3.63) is 89.2 Å². The standard InChI is InChI=1S/C39H39ClF3N5O3S/c1-37(2,3)21-47-17-15-39(16-18-47)22-48(34-30(49)20-26(41)32(33(34)39)35-45-28-19-23(40)9-14-31(28)52-35)29-8-6-5-7-27(29)46-36(50)44-24-10-12-25(13-11-24)51-38(4,42)43/h5-14,19-20,49H,15-18,21-22H2,1-4H3,(H2,44,46,50). The number of aromatic nitrogens is 1. The molecular weight excluding hydrogens is 711 g/mol. The minimum absolute atomic E-state index is 0.0417. The van der Waals surface area contributed by atoms with Crippen molar-refractivity contribution < 1.29 is 27.8 Å².